The predicted octanol–water partition coefficient (Wildman–Crippen LogP) is 2.45. The Kier molecular flexibility index (Phi) is 4.61. The molecule has 18 heavy (non-hydrogen) atoms. The number of aliphatic hydroxyl groups excluding tert-OH is 1. The number of phenols is 1. The minimum atomic E-state index is 0.233. The number of aliphatic hydroxyl groups is 1. The van der Waals surface area contributed by atoms with Crippen LogP contribution in [-0.4, -0.2) is 23.4 Å². The molecule has 1 saturated carbocycles. The topological polar surface area (TPSA) is 52.5 Å². The number of rotatable bonds is 5. The van der Waals surface area contributed by atoms with Crippen molar-refractivity contribution in [3.63, 3.8) is 0 Å². The number of hydrogen-bond donors (Lipinski definition) is 3. The Hall–Kier alpha value is -1.06. The molecule has 1 aromatic carbocycles. The third kappa shape index (κ3) is 3.24. The van der Waals surface area contributed by atoms with Gasteiger partial charge in [0.2, 0.25) is 0 Å². The fourth-order valence-corrected chi connectivity index (χ4v) is 2.86. The van der Waals surface area contributed by atoms with Gasteiger partial charge in [-0.2, -0.15) is 0 Å². The van der Waals surface area contributed by atoms with Gasteiger partial charge in [0.25, 0.3) is 0 Å². The van der Waals surface area contributed by atoms with Gasteiger partial charge in [0.15, 0.2) is 0 Å². The molecule has 0 aromatic heterocycles. The van der Waals surface area contributed by atoms with Gasteiger partial charge >= 0.3 is 0 Å². The summed E-state index contributed by atoms with van der Waals surface area (Å²) in [5.41, 5.74) is 1.11. The third-order valence-electron chi connectivity index (χ3n) is 4.11. The van der Waals surface area contributed by atoms with Crippen molar-refractivity contribution in [3.8, 4) is 5.75 Å². The highest BCUT2D eigenvalue weighted by Crippen LogP contribution is 2.31. The molecule has 3 unspecified atom stereocenters. The van der Waals surface area contributed by atoms with Crippen molar-refractivity contribution in [1.82, 2.24) is 5.32 Å². The number of benzene rings is 1. The Morgan fingerprint density at radius 2 is 2.11 bits per heavy atom. The minimum Gasteiger partial charge on any atom is -0.508 e. The van der Waals surface area contributed by atoms with Crippen molar-refractivity contribution in [2.45, 2.75) is 32.2 Å². The summed E-state index contributed by atoms with van der Waals surface area (Å²) in [6.07, 6.45) is 3.60. The number of aromatic hydroxyl groups is 1. The van der Waals surface area contributed by atoms with Gasteiger partial charge in [0.1, 0.15) is 5.75 Å². The Balaban J connectivity index is 1.86. The van der Waals surface area contributed by atoms with Crippen molar-refractivity contribution in [2.75, 3.05) is 13.2 Å². The number of hydrogen-bond acceptors (Lipinski definition) is 3. The van der Waals surface area contributed by atoms with Crippen LogP contribution in [0.2, 0.25) is 0 Å². The van der Waals surface area contributed by atoms with E-state index < -0.39 is 0 Å². The number of phenolic OH excluding ortho intramolecular Hbond substituents is 1. The lowest BCUT2D eigenvalue weighted by Crippen LogP contribution is -2.28. The summed E-state index contributed by atoms with van der Waals surface area (Å²) in [6, 6.07) is 7.62. The molecule has 1 aliphatic rings. The highest BCUT2D eigenvalue weighted by molar-refractivity contribution is 5.28. The molecule has 3 N–H and O–H groups in total. The van der Waals surface area contributed by atoms with E-state index in [0.29, 0.717) is 24.2 Å². The van der Waals surface area contributed by atoms with E-state index in [1.807, 2.05) is 12.1 Å². The third-order valence-corrected chi connectivity index (χ3v) is 4.11. The molecule has 0 amide bonds. The molecule has 1 fully saturated rings. The molecule has 1 aliphatic carbocycles. The fourth-order valence-electron chi connectivity index (χ4n) is 2.86. The summed E-state index contributed by atoms with van der Waals surface area (Å²) in [6.45, 7) is 3.37. The molecule has 3 atom stereocenters. The van der Waals surface area contributed by atoms with E-state index in [1.165, 1.54) is 12.8 Å². The Bertz CT molecular complexity index is 381. The van der Waals surface area contributed by atoms with Crippen molar-refractivity contribution < 1.29 is 10.2 Å². The van der Waals surface area contributed by atoms with Crippen molar-refractivity contribution in [2.24, 2.45) is 11.8 Å². The van der Waals surface area contributed by atoms with Crippen LogP contribution in [0.1, 0.15) is 37.8 Å². The van der Waals surface area contributed by atoms with E-state index in [9.17, 15) is 10.2 Å². The fraction of sp³-hybridized carbons (Fsp3) is 0.600. The summed E-state index contributed by atoms with van der Waals surface area (Å²) in [4.78, 5) is 0. The molecule has 0 bridgehead atoms. The summed E-state index contributed by atoms with van der Waals surface area (Å²) >= 11 is 0. The first kappa shape index (κ1) is 13.4. The monoisotopic (exact) mass is 249 g/mol. The average Bonchev–Trinajstić information content (AvgIpc) is 2.83. The second-order valence-corrected chi connectivity index (χ2v) is 5.36. The quantitative estimate of drug-likeness (QED) is 0.751. The zero-order chi connectivity index (χ0) is 13.0. The van der Waals surface area contributed by atoms with Crippen LogP contribution in [0.5, 0.6) is 5.75 Å². The van der Waals surface area contributed by atoms with Gasteiger partial charge < -0.3 is 15.5 Å². The molecule has 0 aliphatic heterocycles. The largest absolute Gasteiger partial charge is 0.508 e. The molecule has 3 nitrogen and oxygen atoms in total. The van der Waals surface area contributed by atoms with Gasteiger partial charge in [0, 0.05) is 12.6 Å². The molecule has 0 spiro atoms. The lowest BCUT2D eigenvalue weighted by atomic mass is 9.96. The molecule has 0 heterocycles. The number of nitrogens with one attached hydrogen (secondary N) is 1. The van der Waals surface area contributed by atoms with Crippen LogP contribution >= 0.6 is 0 Å². The van der Waals surface area contributed by atoms with E-state index in [2.05, 4.69) is 12.2 Å². The molecule has 1 aromatic rings. The van der Waals surface area contributed by atoms with Crippen molar-refractivity contribution in [1.29, 1.82) is 0 Å². The van der Waals surface area contributed by atoms with E-state index in [1.54, 1.807) is 12.1 Å². The van der Waals surface area contributed by atoms with Crippen LogP contribution < -0.4 is 5.32 Å². The van der Waals surface area contributed by atoms with Crippen LogP contribution in [0, 0.1) is 11.8 Å². The normalized spacial score (nSPS) is 25.2. The van der Waals surface area contributed by atoms with Gasteiger partial charge in [-0.1, -0.05) is 18.6 Å². The molecule has 100 valence electrons. The van der Waals surface area contributed by atoms with Gasteiger partial charge in [-0.05, 0) is 55.8 Å². The summed E-state index contributed by atoms with van der Waals surface area (Å²) < 4.78 is 0. The molecule has 0 radical (unpaired) electrons. The Morgan fingerprint density at radius 1 is 1.33 bits per heavy atom. The molecular formula is C15H23NO2. The highest BCUT2D eigenvalue weighted by Gasteiger charge is 2.26. The maximum atomic E-state index is 9.46. The molecule has 3 heteroatoms. The van der Waals surface area contributed by atoms with Crippen molar-refractivity contribution in [3.05, 3.63) is 29.8 Å². The van der Waals surface area contributed by atoms with E-state index >= 15 is 0 Å². The van der Waals surface area contributed by atoms with Crippen LogP contribution in [0.15, 0.2) is 24.3 Å². The van der Waals surface area contributed by atoms with Gasteiger partial charge in [-0.15, -0.1) is 0 Å². The van der Waals surface area contributed by atoms with Crippen LogP contribution in [0.25, 0.3) is 0 Å². The first-order chi connectivity index (χ1) is 8.70. The SMILES string of the molecule is CC(NCC1CCCC1CO)c1cccc(O)c1. The summed E-state index contributed by atoms with van der Waals surface area (Å²) in [7, 11) is 0. The minimum absolute atomic E-state index is 0.233. The van der Waals surface area contributed by atoms with Crippen LogP contribution in [0.4, 0.5) is 0 Å². The van der Waals surface area contributed by atoms with Gasteiger partial charge in [0.05, 0.1) is 0 Å². The lowest BCUT2D eigenvalue weighted by molar-refractivity contribution is 0.190. The maximum absolute atomic E-state index is 9.46. The van der Waals surface area contributed by atoms with Gasteiger partial charge in [-0.25, -0.2) is 0 Å². The standard InChI is InChI=1S/C15H23NO2/c1-11(12-4-3-7-15(18)8-12)16-9-13-5-2-6-14(13)10-17/h3-4,7-8,11,13-14,16-18H,2,5-6,9-10H2,1H3. The average molecular weight is 249 g/mol. The van der Waals surface area contributed by atoms with E-state index in [4.69, 9.17) is 0 Å². The first-order valence-electron chi connectivity index (χ1n) is 6.84. The van der Waals surface area contributed by atoms with Crippen molar-refractivity contribution >= 4 is 0 Å². The molecular weight excluding hydrogens is 226 g/mol. The lowest BCUT2D eigenvalue weighted by Gasteiger charge is -2.21. The molecule has 0 saturated heterocycles. The molecule has 2 rings (SSSR count). The Labute approximate surface area is 109 Å². The van der Waals surface area contributed by atoms with E-state index in [-0.39, 0.29) is 6.04 Å². The smallest absolute Gasteiger partial charge is 0.115 e. The zero-order valence-corrected chi connectivity index (χ0v) is 11.0. The zero-order valence-electron chi connectivity index (χ0n) is 11.0. The van der Waals surface area contributed by atoms with Crippen LogP contribution in [-0.2, 0) is 0 Å². The van der Waals surface area contributed by atoms with Crippen LogP contribution in [0.3, 0.4) is 0 Å². The maximum Gasteiger partial charge on any atom is 0.115 e. The summed E-state index contributed by atoms with van der Waals surface area (Å²) in [5, 5.41) is 22.3. The predicted molar refractivity (Wildman–Crippen MR) is 72.4 cm³/mol. The summed E-state index contributed by atoms with van der Waals surface area (Å²) in [5.74, 6) is 1.37. The first-order valence-corrected chi connectivity index (χ1v) is 6.84. The Morgan fingerprint density at radius 3 is 2.83 bits per heavy atom. The second kappa shape index (κ2) is 6.21. The van der Waals surface area contributed by atoms with Gasteiger partial charge in [-0.3, -0.25) is 0 Å². The van der Waals surface area contributed by atoms with E-state index in [0.717, 1.165) is 18.5 Å². The second-order valence-electron chi connectivity index (χ2n) is 5.36. The highest BCUT2D eigenvalue weighted by atomic mass is 16.3.